The molecule has 4 saturated carbocycles. The van der Waals surface area contributed by atoms with E-state index in [2.05, 4.69) is 0 Å². The van der Waals surface area contributed by atoms with Gasteiger partial charge in [-0.1, -0.05) is 6.07 Å². The van der Waals surface area contributed by atoms with Crippen LogP contribution in [-0.2, 0) is 0 Å². The third-order valence-electron chi connectivity index (χ3n) is 6.06. The molecular weight excluding hydrogens is 270 g/mol. The highest BCUT2D eigenvalue weighted by molar-refractivity contribution is 5.99. The number of carbonyl (C=O) groups is 1. The molecule has 0 atom stereocenters. The van der Waals surface area contributed by atoms with Crippen molar-refractivity contribution in [3.05, 3.63) is 34.9 Å². The van der Waals surface area contributed by atoms with Crippen LogP contribution in [0.2, 0.25) is 0 Å². The van der Waals surface area contributed by atoms with Gasteiger partial charge in [0.2, 0.25) is 0 Å². The van der Waals surface area contributed by atoms with Gasteiger partial charge in [-0.2, -0.15) is 0 Å². The van der Waals surface area contributed by atoms with E-state index < -0.39 is 11.6 Å². The largest absolute Gasteiger partial charge is 0.294 e. The molecule has 0 amide bonds. The van der Waals surface area contributed by atoms with Gasteiger partial charge in [0.1, 0.15) is 11.6 Å². The Morgan fingerprint density at radius 3 is 2.14 bits per heavy atom. The maximum Gasteiger partial charge on any atom is 0.172 e. The lowest BCUT2D eigenvalue weighted by molar-refractivity contribution is -0.0254. The molecule has 0 spiro atoms. The lowest BCUT2D eigenvalue weighted by Gasteiger charge is -2.53. The van der Waals surface area contributed by atoms with E-state index in [0.29, 0.717) is 17.4 Å². The Hall–Kier alpha value is -1.25. The quantitative estimate of drug-likeness (QED) is 0.731. The van der Waals surface area contributed by atoms with Gasteiger partial charge in [0.15, 0.2) is 5.78 Å². The Balaban J connectivity index is 1.71. The van der Waals surface area contributed by atoms with Crippen LogP contribution in [0.25, 0.3) is 0 Å². The number of hydrogen-bond acceptors (Lipinski definition) is 1. The predicted octanol–water partition coefficient (Wildman–Crippen LogP) is 4.53. The summed E-state index contributed by atoms with van der Waals surface area (Å²) in [4.78, 5) is 12.8. The molecule has 1 aromatic rings. The zero-order valence-corrected chi connectivity index (χ0v) is 12.2. The van der Waals surface area contributed by atoms with Gasteiger partial charge in [0.05, 0.1) is 5.56 Å². The molecule has 0 aromatic heterocycles. The van der Waals surface area contributed by atoms with Gasteiger partial charge in [0, 0.05) is 5.92 Å². The van der Waals surface area contributed by atoms with E-state index >= 15 is 0 Å². The smallest absolute Gasteiger partial charge is 0.172 e. The molecule has 3 heteroatoms. The number of aryl methyl sites for hydroxylation is 1. The standard InChI is InChI=1S/C18H20F2O/c1-9-2-3-14(19)16(17(9)20)18(21)15-12-5-10-4-11(7-12)8-13(15)6-10/h2-3,10-13,15H,4-8H2,1H3. The first kappa shape index (κ1) is 13.4. The lowest BCUT2D eigenvalue weighted by Crippen LogP contribution is -2.48. The molecule has 0 heterocycles. The number of ketones is 1. The van der Waals surface area contributed by atoms with Gasteiger partial charge in [0.25, 0.3) is 0 Å². The summed E-state index contributed by atoms with van der Waals surface area (Å²) < 4.78 is 28.3. The van der Waals surface area contributed by atoms with E-state index in [9.17, 15) is 13.6 Å². The molecule has 1 nitrogen and oxygen atoms in total. The van der Waals surface area contributed by atoms with Crippen LogP contribution in [0.3, 0.4) is 0 Å². The summed E-state index contributed by atoms with van der Waals surface area (Å²) in [5, 5.41) is 0. The second kappa shape index (κ2) is 4.62. The Bertz CT molecular complexity index is 579. The van der Waals surface area contributed by atoms with Crippen molar-refractivity contribution in [3.8, 4) is 0 Å². The Labute approximate surface area is 123 Å². The fourth-order valence-corrected chi connectivity index (χ4v) is 5.40. The Kier molecular flexibility index (Phi) is 2.95. The summed E-state index contributed by atoms with van der Waals surface area (Å²) in [5.41, 5.74) is 0.0658. The first-order chi connectivity index (χ1) is 10.0. The minimum Gasteiger partial charge on any atom is -0.294 e. The molecule has 0 N–H and O–H groups in total. The molecule has 0 radical (unpaired) electrons. The lowest BCUT2D eigenvalue weighted by atomic mass is 9.51. The highest BCUT2D eigenvalue weighted by atomic mass is 19.1. The topological polar surface area (TPSA) is 17.1 Å². The average Bonchev–Trinajstić information content (AvgIpc) is 2.42. The molecule has 4 aliphatic carbocycles. The maximum absolute atomic E-state index is 14.3. The number of hydrogen-bond donors (Lipinski definition) is 0. The number of halogens is 2. The molecule has 4 bridgehead atoms. The highest BCUT2D eigenvalue weighted by Gasteiger charge is 2.51. The second-order valence-electron chi connectivity index (χ2n) is 7.37. The summed E-state index contributed by atoms with van der Waals surface area (Å²) in [6.45, 7) is 1.59. The Morgan fingerprint density at radius 1 is 1.00 bits per heavy atom. The van der Waals surface area contributed by atoms with E-state index in [-0.39, 0.29) is 17.3 Å². The normalized spacial score (nSPS) is 37.0. The van der Waals surface area contributed by atoms with E-state index in [1.165, 1.54) is 18.6 Å². The van der Waals surface area contributed by atoms with Crippen molar-refractivity contribution in [2.45, 2.75) is 39.0 Å². The van der Waals surface area contributed by atoms with E-state index in [1.54, 1.807) is 6.92 Å². The first-order valence-electron chi connectivity index (χ1n) is 8.03. The zero-order valence-electron chi connectivity index (χ0n) is 12.2. The van der Waals surface area contributed by atoms with E-state index in [1.807, 2.05) is 0 Å². The van der Waals surface area contributed by atoms with Crippen molar-refractivity contribution in [2.75, 3.05) is 0 Å². The molecule has 5 rings (SSSR count). The minimum absolute atomic E-state index is 0.149. The van der Waals surface area contributed by atoms with Crippen LogP contribution in [0.1, 0.15) is 48.0 Å². The second-order valence-corrected chi connectivity index (χ2v) is 7.37. The third kappa shape index (κ3) is 1.96. The average molecular weight is 290 g/mol. The van der Waals surface area contributed by atoms with Crippen LogP contribution in [0.15, 0.2) is 12.1 Å². The summed E-state index contributed by atoms with van der Waals surface area (Å²) in [5.74, 6) is 0.436. The maximum atomic E-state index is 14.3. The van der Waals surface area contributed by atoms with Crippen molar-refractivity contribution in [1.82, 2.24) is 0 Å². The number of Topliss-reactive ketones (excluding diaryl/α,β-unsaturated/α-hetero) is 1. The van der Waals surface area contributed by atoms with Crippen molar-refractivity contribution < 1.29 is 13.6 Å². The molecule has 112 valence electrons. The summed E-state index contributed by atoms with van der Waals surface area (Å²) in [7, 11) is 0. The van der Waals surface area contributed by atoms with E-state index in [0.717, 1.165) is 37.5 Å². The molecule has 1 aromatic carbocycles. The number of carbonyl (C=O) groups excluding carboxylic acids is 1. The van der Waals surface area contributed by atoms with Gasteiger partial charge in [-0.25, -0.2) is 8.78 Å². The number of benzene rings is 1. The Morgan fingerprint density at radius 2 is 1.57 bits per heavy atom. The fourth-order valence-electron chi connectivity index (χ4n) is 5.40. The van der Waals surface area contributed by atoms with Gasteiger partial charge in [-0.15, -0.1) is 0 Å². The van der Waals surface area contributed by atoms with Crippen LogP contribution in [0.5, 0.6) is 0 Å². The highest BCUT2D eigenvalue weighted by Crippen LogP contribution is 2.57. The zero-order chi connectivity index (χ0) is 14.7. The molecule has 0 unspecified atom stereocenters. The molecule has 0 saturated heterocycles. The molecule has 21 heavy (non-hydrogen) atoms. The van der Waals surface area contributed by atoms with Crippen LogP contribution in [0.4, 0.5) is 8.78 Å². The van der Waals surface area contributed by atoms with Crippen molar-refractivity contribution in [1.29, 1.82) is 0 Å². The predicted molar refractivity (Wildman–Crippen MR) is 76.0 cm³/mol. The van der Waals surface area contributed by atoms with Crippen molar-refractivity contribution in [3.63, 3.8) is 0 Å². The molecule has 0 aliphatic heterocycles. The minimum atomic E-state index is -0.697. The molecular formula is C18H20F2O. The van der Waals surface area contributed by atoms with Gasteiger partial charge < -0.3 is 0 Å². The van der Waals surface area contributed by atoms with E-state index in [4.69, 9.17) is 0 Å². The SMILES string of the molecule is Cc1ccc(F)c(C(=O)C2C3CC4CC(C3)CC2C4)c1F. The van der Waals surface area contributed by atoms with Crippen LogP contribution in [0, 0.1) is 48.1 Å². The third-order valence-corrected chi connectivity index (χ3v) is 6.06. The molecule has 4 fully saturated rings. The van der Waals surface area contributed by atoms with Crippen molar-refractivity contribution >= 4 is 5.78 Å². The molecule has 4 aliphatic rings. The summed E-state index contributed by atoms with van der Waals surface area (Å²) >= 11 is 0. The van der Waals surface area contributed by atoms with Gasteiger partial charge >= 0.3 is 0 Å². The van der Waals surface area contributed by atoms with Crippen LogP contribution < -0.4 is 0 Å². The fraction of sp³-hybridized carbons (Fsp3) is 0.611. The van der Waals surface area contributed by atoms with Gasteiger partial charge in [-0.05, 0) is 74.3 Å². The monoisotopic (exact) mass is 290 g/mol. The first-order valence-corrected chi connectivity index (χ1v) is 8.03. The van der Waals surface area contributed by atoms with Gasteiger partial charge in [-0.3, -0.25) is 4.79 Å². The van der Waals surface area contributed by atoms with Crippen LogP contribution >= 0.6 is 0 Å². The summed E-state index contributed by atoms with van der Waals surface area (Å²) in [6, 6.07) is 2.63. The van der Waals surface area contributed by atoms with Crippen molar-refractivity contribution in [2.24, 2.45) is 29.6 Å². The summed E-state index contributed by atoms with van der Waals surface area (Å²) in [6.07, 6.45) is 5.63. The number of rotatable bonds is 2. The van der Waals surface area contributed by atoms with Crippen LogP contribution in [-0.4, -0.2) is 5.78 Å².